The van der Waals surface area contributed by atoms with Crippen LogP contribution in [0.5, 0.6) is 0 Å². The van der Waals surface area contributed by atoms with Crippen molar-refractivity contribution in [1.82, 2.24) is 20.1 Å². The first-order valence-electron chi connectivity index (χ1n) is 10.7. The summed E-state index contributed by atoms with van der Waals surface area (Å²) in [7, 11) is 1.86. The molecule has 4 rings (SSSR count). The molecule has 2 aromatic carbocycles. The molecule has 2 N–H and O–H groups in total. The number of hydrogen-bond donors (Lipinski definition) is 2. The van der Waals surface area contributed by atoms with Crippen molar-refractivity contribution in [3.8, 4) is 11.1 Å². The Morgan fingerprint density at radius 3 is 2.62 bits per heavy atom. The quantitative estimate of drug-likeness (QED) is 0.347. The number of carbonyl (C=O) groups is 1. The van der Waals surface area contributed by atoms with Crippen LogP contribution >= 0.6 is 11.6 Å². The number of nitrogens with zero attached hydrogens (tertiary/aromatic N) is 4. The monoisotopic (exact) mass is 470 g/mol. The molecule has 0 aliphatic carbocycles. The normalized spacial score (nSPS) is 11.6. The first-order chi connectivity index (χ1) is 16.5. The highest BCUT2D eigenvalue weighted by Crippen LogP contribution is 2.25. The third kappa shape index (κ3) is 5.67. The maximum Gasteiger partial charge on any atom is 0.247 e. The molecular formula is C26H23ClN6O. The van der Waals surface area contributed by atoms with E-state index in [9.17, 15) is 4.79 Å². The summed E-state index contributed by atoms with van der Waals surface area (Å²) in [6.07, 6.45) is 5.98. The number of benzene rings is 2. The van der Waals surface area contributed by atoms with E-state index in [0.29, 0.717) is 29.5 Å². The van der Waals surface area contributed by atoms with E-state index in [-0.39, 0.29) is 5.91 Å². The Hall–Kier alpha value is -3.99. The molecule has 0 fully saturated rings. The van der Waals surface area contributed by atoms with E-state index in [1.807, 2.05) is 55.7 Å². The predicted octanol–water partition coefficient (Wildman–Crippen LogP) is 5.20. The number of anilines is 1. The van der Waals surface area contributed by atoms with E-state index < -0.39 is 6.04 Å². The number of nitrogens with one attached hydrogen (secondary N) is 2. The van der Waals surface area contributed by atoms with Gasteiger partial charge in [-0.1, -0.05) is 48.0 Å². The summed E-state index contributed by atoms with van der Waals surface area (Å²) in [5.74, 6) is 0.253. The SMILES string of the molecule is [C-]#[N+]c1cc(Cl)ccc1CCNC(C(=O)Nc1ccc(-c2cnn(C)c2)cn1)c1ccccc1. The van der Waals surface area contributed by atoms with Crippen LogP contribution in [0.1, 0.15) is 17.2 Å². The van der Waals surface area contributed by atoms with Gasteiger partial charge in [0.25, 0.3) is 0 Å². The number of rotatable bonds is 8. The molecule has 34 heavy (non-hydrogen) atoms. The smallest absolute Gasteiger partial charge is 0.247 e. The van der Waals surface area contributed by atoms with Crippen molar-refractivity contribution in [2.75, 3.05) is 11.9 Å². The van der Waals surface area contributed by atoms with Gasteiger partial charge in [-0.15, -0.1) is 0 Å². The van der Waals surface area contributed by atoms with E-state index in [4.69, 9.17) is 18.2 Å². The summed E-state index contributed by atoms with van der Waals surface area (Å²) >= 11 is 6.00. The fourth-order valence-corrected chi connectivity index (χ4v) is 3.78. The van der Waals surface area contributed by atoms with Crippen LogP contribution in [0.3, 0.4) is 0 Å². The van der Waals surface area contributed by atoms with Crippen molar-refractivity contribution in [3.05, 3.63) is 107 Å². The molecule has 0 spiro atoms. The molecule has 0 aliphatic heterocycles. The number of aromatic nitrogens is 3. The average Bonchev–Trinajstić information content (AvgIpc) is 3.29. The molecule has 1 atom stereocenters. The molecule has 0 saturated carbocycles. The van der Waals surface area contributed by atoms with Crippen LogP contribution in [0.15, 0.2) is 79.3 Å². The molecular weight excluding hydrogens is 448 g/mol. The first kappa shape index (κ1) is 23.2. The van der Waals surface area contributed by atoms with Crippen LogP contribution in [0.2, 0.25) is 5.02 Å². The maximum absolute atomic E-state index is 13.2. The van der Waals surface area contributed by atoms with E-state index in [1.165, 1.54) is 0 Å². The number of amides is 1. The minimum atomic E-state index is -0.579. The lowest BCUT2D eigenvalue weighted by Gasteiger charge is -2.19. The number of hydrogen-bond acceptors (Lipinski definition) is 4. The second-order valence-electron chi connectivity index (χ2n) is 7.76. The summed E-state index contributed by atoms with van der Waals surface area (Å²) in [4.78, 5) is 21.1. The number of aryl methyl sites for hydroxylation is 1. The number of halogens is 1. The molecule has 0 saturated heterocycles. The molecule has 7 nitrogen and oxygen atoms in total. The molecule has 1 amide bonds. The lowest BCUT2D eigenvalue weighted by Crippen LogP contribution is -2.34. The van der Waals surface area contributed by atoms with Gasteiger partial charge in [0.05, 0.1) is 12.8 Å². The van der Waals surface area contributed by atoms with Crippen molar-refractivity contribution in [2.45, 2.75) is 12.5 Å². The van der Waals surface area contributed by atoms with Crippen LogP contribution in [0.25, 0.3) is 16.0 Å². The molecule has 2 heterocycles. The molecule has 0 aliphatic rings. The zero-order valence-corrected chi connectivity index (χ0v) is 19.3. The average molecular weight is 471 g/mol. The molecule has 2 aromatic heterocycles. The minimum Gasteiger partial charge on any atom is -0.309 e. The third-order valence-corrected chi connectivity index (χ3v) is 5.59. The van der Waals surface area contributed by atoms with Crippen molar-refractivity contribution in [3.63, 3.8) is 0 Å². The lowest BCUT2D eigenvalue weighted by molar-refractivity contribution is -0.118. The Bertz CT molecular complexity index is 1310. The third-order valence-electron chi connectivity index (χ3n) is 5.36. The highest BCUT2D eigenvalue weighted by molar-refractivity contribution is 6.30. The van der Waals surface area contributed by atoms with Crippen LogP contribution < -0.4 is 10.6 Å². The van der Waals surface area contributed by atoms with Crippen LogP contribution in [-0.2, 0) is 18.3 Å². The Labute approximate surface area is 203 Å². The Kier molecular flexibility index (Phi) is 7.33. The Morgan fingerprint density at radius 2 is 1.94 bits per heavy atom. The Balaban J connectivity index is 1.45. The summed E-state index contributed by atoms with van der Waals surface area (Å²) in [6, 6.07) is 17.9. The van der Waals surface area contributed by atoms with E-state index >= 15 is 0 Å². The van der Waals surface area contributed by atoms with Gasteiger partial charge in [-0.3, -0.25) is 9.48 Å². The standard InChI is InChI=1S/C26H23ClN6O/c1-28-23-14-22(27)10-8-18(23)12-13-29-25(19-6-4-3-5-7-19)26(34)32-24-11-9-20(15-30-24)21-16-31-33(2)17-21/h3-11,14-17,25,29H,12-13H2,2H3,(H,30,32,34). The van der Waals surface area contributed by atoms with Gasteiger partial charge in [-0.25, -0.2) is 9.83 Å². The molecule has 8 heteroatoms. The lowest BCUT2D eigenvalue weighted by atomic mass is 10.0. The highest BCUT2D eigenvalue weighted by Gasteiger charge is 2.20. The summed E-state index contributed by atoms with van der Waals surface area (Å²) in [6.45, 7) is 7.87. The fraction of sp³-hybridized carbons (Fsp3) is 0.154. The molecule has 0 radical (unpaired) electrons. The number of pyridine rings is 1. The first-order valence-corrected chi connectivity index (χ1v) is 11.1. The second kappa shape index (κ2) is 10.8. The highest BCUT2D eigenvalue weighted by atomic mass is 35.5. The fourth-order valence-electron chi connectivity index (χ4n) is 3.62. The summed E-state index contributed by atoms with van der Waals surface area (Å²) in [5, 5.41) is 10.9. The zero-order chi connectivity index (χ0) is 23.9. The number of carbonyl (C=O) groups excluding carboxylic acids is 1. The van der Waals surface area contributed by atoms with Gasteiger partial charge >= 0.3 is 0 Å². The van der Waals surface area contributed by atoms with Gasteiger partial charge in [-0.2, -0.15) is 5.10 Å². The van der Waals surface area contributed by atoms with E-state index in [0.717, 1.165) is 22.3 Å². The van der Waals surface area contributed by atoms with Crippen molar-refractivity contribution >= 4 is 29.0 Å². The van der Waals surface area contributed by atoms with Crippen molar-refractivity contribution in [1.29, 1.82) is 0 Å². The molecule has 170 valence electrons. The van der Waals surface area contributed by atoms with Gasteiger partial charge in [0.15, 0.2) is 5.69 Å². The predicted molar refractivity (Wildman–Crippen MR) is 134 cm³/mol. The van der Waals surface area contributed by atoms with Crippen LogP contribution in [0.4, 0.5) is 11.5 Å². The van der Waals surface area contributed by atoms with Gasteiger partial charge in [0.2, 0.25) is 5.91 Å². The molecule has 1 unspecified atom stereocenters. The van der Waals surface area contributed by atoms with Crippen molar-refractivity contribution < 1.29 is 4.79 Å². The topological polar surface area (TPSA) is 76.2 Å². The summed E-state index contributed by atoms with van der Waals surface area (Å²) < 4.78 is 1.73. The van der Waals surface area contributed by atoms with Crippen molar-refractivity contribution in [2.24, 2.45) is 7.05 Å². The van der Waals surface area contributed by atoms with E-state index in [1.54, 1.807) is 35.3 Å². The zero-order valence-electron chi connectivity index (χ0n) is 18.6. The largest absolute Gasteiger partial charge is 0.309 e. The maximum atomic E-state index is 13.2. The van der Waals surface area contributed by atoms with Gasteiger partial charge < -0.3 is 10.6 Å². The molecule has 0 bridgehead atoms. The Morgan fingerprint density at radius 1 is 1.12 bits per heavy atom. The van der Waals surface area contributed by atoms with Crippen LogP contribution in [-0.4, -0.2) is 27.2 Å². The van der Waals surface area contributed by atoms with Gasteiger partial charge in [0.1, 0.15) is 11.9 Å². The minimum absolute atomic E-state index is 0.214. The van der Waals surface area contributed by atoms with Crippen LogP contribution in [0, 0.1) is 6.57 Å². The summed E-state index contributed by atoms with van der Waals surface area (Å²) in [5.41, 5.74) is 4.12. The van der Waals surface area contributed by atoms with Gasteiger partial charge in [-0.05, 0) is 48.4 Å². The molecule has 4 aromatic rings. The second-order valence-corrected chi connectivity index (χ2v) is 8.19. The van der Waals surface area contributed by atoms with E-state index in [2.05, 4.69) is 25.6 Å². The van der Waals surface area contributed by atoms with Gasteiger partial charge in [0, 0.05) is 35.6 Å².